The Bertz CT molecular complexity index is 69.7. The molecule has 0 N–H and O–H groups in total. The van der Waals surface area contributed by atoms with Crippen molar-refractivity contribution in [3.63, 3.8) is 0 Å². The van der Waals surface area contributed by atoms with Gasteiger partial charge in [0.1, 0.15) is 0 Å². The van der Waals surface area contributed by atoms with E-state index in [0.29, 0.717) is 9.62 Å². The molecule has 0 aliphatic heterocycles. The second-order valence-electron chi connectivity index (χ2n) is 4.73. The van der Waals surface area contributed by atoms with Crippen LogP contribution in [-0.2, 0) is 0 Å². The van der Waals surface area contributed by atoms with Gasteiger partial charge < -0.3 is 0 Å². The van der Waals surface area contributed by atoms with Crippen LogP contribution in [0.1, 0.15) is 41.0 Å². The van der Waals surface area contributed by atoms with Gasteiger partial charge in [-0.05, 0) is 0 Å². The molecule has 0 heterocycles. The number of rotatable bonds is 1. The molecular weight excluding hydrogens is 171 g/mol. The van der Waals surface area contributed by atoms with Gasteiger partial charge in [-0.2, -0.15) is 0 Å². The summed E-state index contributed by atoms with van der Waals surface area (Å²) in [5.74, 6) is 0. The Balaban J connectivity index is 3.75. The minimum absolute atomic E-state index is 0.500. The van der Waals surface area contributed by atoms with Crippen LogP contribution in [0.5, 0.6) is 0 Å². The minimum atomic E-state index is 0.500. The summed E-state index contributed by atoms with van der Waals surface area (Å²) >= 11 is 1.85. The van der Waals surface area contributed by atoms with Gasteiger partial charge in [0.25, 0.3) is 0 Å². The summed E-state index contributed by atoms with van der Waals surface area (Å²) < 4.78 is 0.547. The molecular formula is C8H19As. The second-order valence-corrected chi connectivity index (χ2v) is 8.01. The van der Waals surface area contributed by atoms with E-state index in [1.807, 2.05) is 16.9 Å². The van der Waals surface area contributed by atoms with Crippen molar-refractivity contribution in [2.75, 3.05) is 0 Å². The van der Waals surface area contributed by atoms with Gasteiger partial charge in [-0.3, -0.25) is 0 Å². The van der Waals surface area contributed by atoms with Crippen molar-refractivity contribution in [3.05, 3.63) is 0 Å². The van der Waals surface area contributed by atoms with E-state index in [2.05, 4.69) is 34.6 Å². The molecule has 0 nitrogen and oxygen atoms in total. The first-order chi connectivity index (χ1) is 3.71. The summed E-state index contributed by atoms with van der Waals surface area (Å²) in [5, 5.41) is 0. The van der Waals surface area contributed by atoms with Crippen LogP contribution >= 0.6 is 0 Å². The zero-order chi connectivity index (χ0) is 7.71. The summed E-state index contributed by atoms with van der Waals surface area (Å²) in [4.78, 5) is 0. The van der Waals surface area contributed by atoms with Crippen LogP contribution in [0.25, 0.3) is 0 Å². The predicted molar refractivity (Wildman–Crippen MR) is 46.7 cm³/mol. The van der Waals surface area contributed by atoms with Crippen molar-refractivity contribution in [1.82, 2.24) is 0 Å². The fourth-order valence-corrected chi connectivity index (χ4v) is 2.65. The summed E-state index contributed by atoms with van der Waals surface area (Å²) in [7, 11) is 0. The Morgan fingerprint density at radius 2 is 1.33 bits per heavy atom. The molecule has 1 heteroatoms. The Kier molecular flexibility index (Phi) is 2.82. The normalized spacial score (nSPS) is 14.0. The first-order valence-electron chi connectivity index (χ1n) is 3.50. The molecule has 0 bridgehead atoms. The monoisotopic (exact) mass is 190 g/mol. The SMILES string of the molecule is CC(C)(C)CC(C)(C)[AsH2]. The average Bonchev–Trinajstić information content (AvgIpc) is 1.14. The molecule has 9 heavy (non-hydrogen) atoms. The van der Waals surface area contributed by atoms with Gasteiger partial charge in [0.15, 0.2) is 0 Å². The van der Waals surface area contributed by atoms with E-state index in [0.717, 1.165) is 0 Å². The molecule has 0 aromatic rings. The molecule has 1 unspecified atom stereocenters. The molecule has 0 saturated carbocycles. The summed E-state index contributed by atoms with van der Waals surface area (Å²) in [6.45, 7) is 11.5. The van der Waals surface area contributed by atoms with E-state index < -0.39 is 0 Å². The van der Waals surface area contributed by atoms with E-state index in [1.165, 1.54) is 6.42 Å². The van der Waals surface area contributed by atoms with Crippen LogP contribution in [0.15, 0.2) is 0 Å². The van der Waals surface area contributed by atoms with Gasteiger partial charge in [-0.1, -0.05) is 0 Å². The fourth-order valence-electron chi connectivity index (χ4n) is 1.37. The fraction of sp³-hybridized carbons (Fsp3) is 1.00. The number of hydrogen-bond acceptors (Lipinski definition) is 0. The molecule has 0 spiro atoms. The van der Waals surface area contributed by atoms with E-state index in [4.69, 9.17) is 0 Å². The van der Waals surface area contributed by atoms with Gasteiger partial charge in [0.05, 0.1) is 0 Å². The Labute approximate surface area is 67.9 Å². The van der Waals surface area contributed by atoms with Gasteiger partial charge >= 0.3 is 67.5 Å². The Morgan fingerprint density at radius 3 is 1.33 bits per heavy atom. The van der Waals surface area contributed by atoms with Crippen molar-refractivity contribution in [2.45, 2.75) is 45.2 Å². The van der Waals surface area contributed by atoms with E-state index in [1.54, 1.807) is 0 Å². The maximum absolute atomic E-state index is 2.32. The number of hydrogen-bond donors (Lipinski definition) is 0. The summed E-state index contributed by atoms with van der Waals surface area (Å²) in [5.41, 5.74) is 0.500. The van der Waals surface area contributed by atoms with E-state index in [-0.39, 0.29) is 0 Å². The molecule has 0 aromatic heterocycles. The van der Waals surface area contributed by atoms with Gasteiger partial charge in [0, 0.05) is 0 Å². The van der Waals surface area contributed by atoms with Crippen molar-refractivity contribution < 1.29 is 0 Å². The first kappa shape index (κ1) is 9.56. The molecule has 0 rings (SSSR count). The van der Waals surface area contributed by atoms with Gasteiger partial charge in [0.2, 0.25) is 0 Å². The van der Waals surface area contributed by atoms with Gasteiger partial charge in [-0.25, -0.2) is 0 Å². The Hall–Kier alpha value is 0.558. The molecule has 0 aliphatic rings. The van der Waals surface area contributed by atoms with Crippen molar-refractivity contribution in [2.24, 2.45) is 5.41 Å². The summed E-state index contributed by atoms with van der Waals surface area (Å²) in [6, 6.07) is 0. The first-order valence-corrected chi connectivity index (χ1v) is 4.71. The van der Waals surface area contributed by atoms with Crippen LogP contribution < -0.4 is 0 Å². The standard InChI is InChI=1S/C8H19As/c1-7(2,3)6-8(4,5)9/h6,9H2,1-5H3. The van der Waals surface area contributed by atoms with Crippen LogP contribution in [0, 0.1) is 5.41 Å². The van der Waals surface area contributed by atoms with Gasteiger partial charge in [-0.15, -0.1) is 0 Å². The molecule has 0 aromatic carbocycles. The zero-order valence-electron chi connectivity index (χ0n) is 7.28. The topological polar surface area (TPSA) is 0 Å². The molecule has 56 valence electrons. The van der Waals surface area contributed by atoms with Crippen LogP contribution in [0.2, 0.25) is 4.20 Å². The third-order valence-electron chi connectivity index (χ3n) is 0.986. The molecule has 0 aliphatic carbocycles. The van der Waals surface area contributed by atoms with Crippen molar-refractivity contribution in [3.8, 4) is 0 Å². The average molecular weight is 190 g/mol. The van der Waals surface area contributed by atoms with Crippen LogP contribution in [0.3, 0.4) is 0 Å². The molecule has 1 atom stereocenters. The third-order valence-corrected chi connectivity index (χ3v) is 1.41. The van der Waals surface area contributed by atoms with E-state index >= 15 is 0 Å². The maximum atomic E-state index is 2.32. The summed E-state index contributed by atoms with van der Waals surface area (Å²) in [6.07, 6.45) is 1.32. The third kappa shape index (κ3) is 8.56. The van der Waals surface area contributed by atoms with Crippen LogP contribution in [0.4, 0.5) is 0 Å². The zero-order valence-corrected chi connectivity index (χ0v) is 9.71. The van der Waals surface area contributed by atoms with E-state index in [9.17, 15) is 0 Å². The predicted octanol–water partition coefficient (Wildman–Crippen LogP) is 2.25. The molecule has 0 radical (unpaired) electrons. The second kappa shape index (κ2) is 2.66. The van der Waals surface area contributed by atoms with Crippen LogP contribution in [-0.4, -0.2) is 16.9 Å². The molecule has 0 amide bonds. The molecule has 0 fully saturated rings. The quantitative estimate of drug-likeness (QED) is 0.556. The Morgan fingerprint density at radius 1 is 1.00 bits per heavy atom. The molecule has 0 saturated heterocycles. The van der Waals surface area contributed by atoms with Crippen molar-refractivity contribution >= 4 is 16.9 Å². The van der Waals surface area contributed by atoms with Crippen molar-refractivity contribution in [1.29, 1.82) is 0 Å².